The number of hydrogen-bond donors (Lipinski definition) is 1. The molecule has 0 unspecified atom stereocenters. The Hall–Kier alpha value is -0.830. The number of benzene rings is 1. The largest absolute Gasteiger partial charge is 0.346 e. The topological polar surface area (TPSA) is 29.1 Å². The van der Waals surface area contributed by atoms with E-state index in [1.807, 2.05) is 31.2 Å². The van der Waals surface area contributed by atoms with E-state index < -0.39 is 0 Å². The van der Waals surface area contributed by atoms with Crippen molar-refractivity contribution in [1.82, 2.24) is 5.32 Å². The van der Waals surface area contributed by atoms with Gasteiger partial charge in [0.2, 0.25) is 0 Å². The molecule has 3 heteroatoms. The highest BCUT2D eigenvalue weighted by molar-refractivity contribution is 9.09. The first-order chi connectivity index (χ1) is 7.65. The molecule has 1 aromatic carbocycles. The van der Waals surface area contributed by atoms with Crippen LogP contribution in [0.2, 0.25) is 0 Å². The molecule has 0 aliphatic heterocycles. The molecule has 0 radical (unpaired) electrons. The van der Waals surface area contributed by atoms with Crippen molar-refractivity contribution in [3.05, 3.63) is 35.4 Å². The number of nitrogens with one attached hydrogen (secondary N) is 1. The molecular weight excluding hydrogens is 266 g/mol. The molecule has 0 atom stereocenters. The molecule has 1 amide bonds. The molecule has 16 heavy (non-hydrogen) atoms. The zero-order valence-electron chi connectivity index (χ0n) is 9.42. The first-order valence-corrected chi connectivity index (χ1v) is 6.72. The van der Waals surface area contributed by atoms with E-state index in [0.29, 0.717) is 0 Å². The summed E-state index contributed by atoms with van der Waals surface area (Å²) in [6.07, 6.45) is 3.37. The van der Waals surface area contributed by atoms with Gasteiger partial charge in [-0.05, 0) is 38.3 Å². The minimum atomic E-state index is 0.000823. The lowest BCUT2D eigenvalue weighted by Crippen LogP contribution is -2.54. The average molecular weight is 282 g/mol. The Bertz CT molecular complexity index is 393. The van der Waals surface area contributed by atoms with Gasteiger partial charge in [-0.2, -0.15) is 0 Å². The van der Waals surface area contributed by atoms with E-state index in [4.69, 9.17) is 0 Å². The molecule has 1 aliphatic rings. The second kappa shape index (κ2) is 4.58. The molecule has 0 aromatic heterocycles. The van der Waals surface area contributed by atoms with Crippen molar-refractivity contribution in [2.24, 2.45) is 0 Å². The summed E-state index contributed by atoms with van der Waals surface area (Å²) in [4.78, 5) is 12.0. The average Bonchev–Trinajstić information content (AvgIpc) is 2.23. The molecule has 1 aliphatic carbocycles. The quantitative estimate of drug-likeness (QED) is 0.848. The lowest BCUT2D eigenvalue weighted by molar-refractivity contribution is 0.0856. The fourth-order valence-corrected chi connectivity index (χ4v) is 2.70. The van der Waals surface area contributed by atoms with Crippen molar-refractivity contribution in [2.45, 2.75) is 31.7 Å². The van der Waals surface area contributed by atoms with Crippen LogP contribution in [0.5, 0.6) is 0 Å². The van der Waals surface area contributed by atoms with Gasteiger partial charge < -0.3 is 5.32 Å². The van der Waals surface area contributed by atoms with Gasteiger partial charge in [0.15, 0.2) is 0 Å². The third-order valence-corrected chi connectivity index (χ3v) is 4.30. The summed E-state index contributed by atoms with van der Waals surface area (Å²) < 4.78 is 0. The third kappa shape index (κ3) is 2.29. The summed E-state index contributed by atoms with van der Waals surface area (Å²) in [7, 11) is 0. The van der Waals surface area contributed by atoms with Crippen LogP contribution in [-0.4, -0.2) is 16.8 Å². The number of carbonyl (C=O) groups is 1. The van der Waals surface area contributed by atoms with Crippen molar-refractivity contribution in [1.29, 1.82) is 0 Å². The number of rotatable bonds is 3. The Morgan fingerprint density at radius 2 is 2.25 bits per heavy atom. The van der Waals surface area contributed by atoms with Gasteiger partial charge in [-0.15, -0.1) is 0 Å². The summed E-state index contributed by atoms with van der Waals surface area (Å²) in [6.45, 7) is 2.00. The van der Waals surface area contributed by atoms with Gasteiger partial charge >= 0.3 is 0 Å². The fourth-order valence-electron chi connectivity index (χ4n) is 1.99. The van der Waals surface area contributed by atoms with Gasteiger partial charge in [-0.1, -0.05) is 33.6 Å². The molecule has 0 heterocycles. The van der Waals surface area contributed by atoms with Crippen molar-refractivity contribution in [3.63, 3.8) is 0 Å². The Morgan fingerprint density at radius 3 is 2.75 bits per heavy atom. The Balaban J connectivity index is 2.08. The van der Waals surface area contributed by atoms with Crippen LogP contribution in [0.15, 0.2) is 24.3 Å². The number of halogens is 1. The molecule has 1 N–H and O–H groups in total. The van der Waals surface area contributed by atoms with Crippen LogP contribution in [-0.2, 0) is 0 Å². The van der Waals surface area contributed by atoms with Crippen LogP contribution in [0.4, 0.5) is 0 Å². The molecule has 1 aromatic rings. The maximum atomic E-state index is 12.0. The first kappa shape index (κ1) is 11.6. The van der Waals surface area contributed by atoms with Crippen LogP contribution in [0, 0.1) is 6.92 Å². The monoisotopic (exact) mass is 281 g/mol. The van der Waals surface area contributed by atoms with E-state index in [0.717, 1.165) is 29.3 Å². The van der Waals surface area contributed by atoms with Crippen molar-refractivity contribution in [2.75, 3.05) is 5.33 Å². The molecule has 0 spiro atoms. The minimum Gasteiger partial charge on any atom is -0.346 e. The number of aryl methyl sites for hydroxylation is 1. The van der Waals surface area contributed by atoms with Gasteiger partial charge in [-0.3, -0.25) is 4.79 Å². The molecule has 1 saturated carbocycles. The van der Waals surface area contributed by atoms with Crippen LogP contribution in [0.25, 0.3) is 0 Å². The first-order valence-electron chi connectivity index (χ1n) is 5.60. The standard InChI is InChI=1S/C13H16BrNO/c1-10-4-2-5-11(8-10)12(16)15-13(9-14)6-3-7-13/h2,4-5,8H,3,6-7,9H2,1H3,(H,15,16). The van der Waals surface area contributed by atoms with E-state index in [1.165, 1.54) is 6.42 Å². The van der Waals surface area contributed by atoms with Crippen molar-refractivity contribution < 1.29 is 4.79 Å². The Labute approximate surface area is 105 Å². The van der Waals surface area contributed by atoms with E-state index in [9.17, 15) is 4.79 Å². The van der Waals surface area contributed by atoms with Gasteiger partial charge in [0, 0.05) is 10.9 Å². The number of alkyl halides is 1. The normalized spacial score (nSPS) is 17.6. The second-order valence-corrected chi connectivity index (χ2v) is 5.15. The Morgan fingerprint density at radius 1 is 1.50 bits per heavy atom. The van der Waals surface area contributed by atoms with E-state index >= 15 is 0 Å². The van der Waals surface area contributed by atoms with E-state index in [2.05, 4.69) is 21.2 Å². The summed E-state index contributed by atoms with van der Waals surface area (Å²) in [6, 6.07) is 7.71. The fraction of sp³-hybridized carbons (Fsp3) is 0.462. The molecule has 0 saturated heterocycles. The minimum absolute atomic E-state index is 0.000823. The maximum absolute atomic E-state index is 12.0. The number of hydrogen-bond acceptors (Lipinski definition) is 1. The molecule has 2 nitrogen and oxygen atoms in total. The molecule has 86 valence electrons. The zero-order valence-corrected chi connectivity index (χ0v) is 11.0. The highest BCUT2D eigenvalue weighted by atomic mass is 79.9. The summed E-state index contributed by atoms with van der Waals surface area (Å²) >= 11 is 3.48. The molecule has 2 rings (SSSR count). The Kier molecular flexibility index (Phi) is 3.33. The summed E-state index contributed by atoms with van der Waals surface area (Å²) in [5.74, 6) is 0.0443. The maximum Gasteiger partial charge on any atom is 0.251 e. The van der Waals surface area contributed by atoms with Crippen molar-refractivity contribution in [3.8, 4) is 0 Å². The predicted octanol–water partition coefficient (Wildman–Crippen LogP) is 3.04. The highest BCUT2D eigenvalue weighted by Crippen LogP contribution is 2.33. The lowest BCUT2D eigenvalue weighted by atomic mass is 9.78. The second-order valence-electron chi connectivity index (χ2n) is 4.59. The predicted molar refractivity (Wildman–Crippen MR) is 69.0 cm³/mol. The van der Waals surface area contributed by atoms with E-state index in [1.54, 1.807) is 0 Å². The molecule has 0 bridgehead atoms. The number of amides is 1. The highest BCUT2D eigenvalue weighted by Gasteiger charge is 2.37. The summed E-state index contributed by atoms with van der Waals surface area (Å²) in [5, 5.41) is 3.98. The summed E-state index contributed by atoms with van der Waals surface area (Å²) in [5.41, 5.74) is 1.88. The lowest BCUT2D eigenvalue weighted by Gasteiger charge is -2.41. The molecule has 1 fully saturated rings. The van der Waals surface area contributed by atoms with Crippen LogP contribution >= 0.6 is 15.9 Å². The van der Waals surface area contributed by atoms with Crippen LogP contribution < -0.4 is 5.32 Å². The molecular formula is C13H16BrNO. The van der Waals surface area contributed by atoms with E-state index in [-0.39, 0.29) is 11.4 Å². The number of carbonyl (C=O) groups excluding carboxylic acids is 1. The van der Waals surface area contributed by atoms with Crippen LogP contribution in [0.3, 0.4) is 0 Å². The van der Waals surface area contributed by atoms with Gasteiger partial charge in [-0.25, -0.2) is 0 Å². The van der Waals surface area contributed by atoms with Gasteiger partial charge in [0.05, 0.1) is 5.54 Å². The van der Waals surface area contributed by atoms with Gasteiger partial charge in [0.1, 0.15) is 0 Å². The zero-order chi connectivity index (χ0) is 11.6. The SMILES string of the molecule is Cc1cccc(C(=O)NC2(CBr)CCC2)c1. The van der Waals surface area contributed by atoms with Crippen molar-refractivity contribution >= 4 is 21.8 Å². The third-order valence-electron chi connectivity index (χ3n) is 3.23. The smallest absolute Gasteiger partial charge is 0.251 e. The van der Waals surface area contributed by atoms with Crippen LogP contribution in [0.1, 0.15) is 35.2 Å². The van der Waals surface area contributed by atoms with Gasteiger partial charge in [0.25, 0.3) is 5.91 Å².